The van der Waals surface area contributed by atoms with Gasteiger partial charge in [-0.1, -0.05) is 32.1 Å². The van der Waals surface area contributed by atoms with Gasteiger partial charge in [0.05, 0.1) is 11.1 Å². The molecule has 0 spiro atoms. The largest absolute Gasteiger partial charge is 0.384 e. The number of rotatable bonds is 4. The first kappa shape index (κ1) is 15.2. The molecule has 0 fully saturated rings. The summed E-state index contributed by atoms with van der Waals surface area (Å²) in [5, 5.41) is 8.73. The zero-order valence-electron chi connectivity index (χ0n) is 11.7. The van der Waals surface area contributed by atoms with Crippen molar-refractivity contribution in [3.8, 4) is 11.8 Å². The fraction of sp³-hybridized carbons (Fsp3) is 0.467. The Balaban J connectivity index is 2.93. The molecule has 1 heterocycles. The van der Waals surface area contributed by atoms with Crippen LogP contribution in [0.1, 0.15) is 36.2 Å². The molecule has 19 heavy (non-hydrogen) atoms. The molecule has 0 aliphatic carbocycles. The molecule has 0 aromatic carbocycles. The minimum atomic E-state index is -0.231. The molecule has 1 rings (SSSR count). The van der Waals surface area contributed by atoms with Gasteiger partial charge in [-0.05, 0) is 12.0 Å². The monoisotopic (exact) mass is 260 g/mol. The number of hydrogen-bond acceptors (Lipinski definition) is 3. The molecule has 1 aromatic heterocycles. The first-order valence-electron chi connectivity index (χ1n) is 6.39. The van der Waals surface area contributed by atoms with E-state index in [1.807, 2.05) is 0 Å². The molecule has 1 atom stereocenters. The summed E-state index contributed by atoms with van der Waals surface area (Å²) < 4.78 is 0. The second kappa shape index (κ2) is 7.55. The standard InChI is InChI=1S/C15H20N2O2/c1-4-12(2)11-17(3)15(19)14-7-8-16-10-13(14)6-5-9-18/h7-8,10,12,18H,4,9,11H2,1-3H3. The molecule has 0 aliphatic heterocycles. The van der Waals surface area contributed by atoms with E-state index in [0.717, 1.165) is 6.42 Å². The van der Waals surface area contributed by atoms with Crippen LogP contribution in [0.2, 0.25) is 0 Å². The van der Waals surface area contributed by atoms with Crippen LogP contribution in [0.15, 0.2) is 18.5 Å². The van der Waals surface area contributed by atoms with Gasteiger partial charge in [-0.25, -0.2) is 0 Å². The lowest BCUT2D eigenvalue weighted by atomic mass is 10.1. The van der Waals surface area contributed by atoms with Crippen LogP contribution in [0.3, 0.4) is 0 Å². The second-order valence-corrected chi connectivity index (χ2v) is 4.58. The van der Waals surface area contributed by atoms with Crippen molar-refractivity contribution >= 4 is 5.91 Å². The number of hydrogen-bond donors (Lipinski definition) is 1. The molecule has 0 saturated heterocycles. The number of amides is 1. The van der Waals surface area contributed by atoms with Crippen molar-refractivity contribution in [3.05, 3.63) is 29.6 Å². The van der Waals surface area contributed by atoms with Gasteiger partial charge in [-0.3, -0.25) is 9.78 Å². The summed E-state index contributed by atoms with van der Waals surface area (Å²) in [4.78, 5) is 18.0. The maximum atomic E-state index is 12.3. The summed E-state index contributed by atoms with van der Waals surface area (Å²) in [6.45, 7) is 4.70. The molecule has 4 nitrogen and oxygen atoms in total. The third kappa shape index (κ3) is 4.38. The second-order valence-electron chi connectivity index (χ2n) is 4.58. The number of aliphatic hydroxyl groups is 1. The molecular weight excluding hydrogens is 240 g/mol. The van der Waals surface area contributed by atoms with E-state index in [9.17, 15) is 4.79 Å². The lowest BCUT2D eigenvalue weighted by molar-refractivity contribution is 0.0774. The Kier molecular flexibility index (Phi) is 6.04. The minimum Gasteiger partial charge on any atom is -0.384 e. The van der Waals surface area contributed by atoms with Gasteiger partial charge >= 0.3 is 0 Å². The van der Waals surface area contributed by atoms with E-state index in [2.05, 4.69) is 30.7 Å². The molecule has 102 valence electrons. The Morgan fingerprint density at radius 2 is 2.32 bits per heavy atom. The first-order chi connectivity index (χ1) is 9.10. The lowest BCUT2D eigenvalue weighted by Gasteiger charge is -2.21. The van der Waals surface area contributed by atoms with E-state index in [-0.39, 0.29) is 12.5 Å². The van der Waals surface area contributed by atoms with E-state index in [4.69, 9.17) is 5.11 Å². The van der Waals surface area contributed by atoms with Crippen molar-refractivity contribution < 1.29 is 9.90 Å². The van der Waals surface area contributed by atoms with Crippen LogP contribution in [0.4, 0.5) is 0 Å². The molecule has 1 amide bonds. The van der Waals surface area contributed by atoms with E-state index in [0.29, 0.717) is 23.6 Å². The van der Waals surface area contributed by atoms with Crippen molar-refractivity contribution in [3.63, 3.8) is 0 Å². The van der Waals surface area contributed by atoms with Gasteiger partial charge < -0.3 is 10.0 Å². The number of pyridine rings is 1. The Morgan fingerprint density at radius 1 is 1.58 bits per heavy atom. The summed E-state index contributed by atoms with van der Waals surface area (Å²) in [5.41, 5.74) is 1.08. The number of nitrogens with zero attached hydrogens (tertiary/aromatic N) is 2. The van der Waals surface area contributed by atoms with E-state index < -0.39 is 0 Å². The van der Waals surface area contributed by atoms with Gasteiger partial charge in [0.2, 0.25) is 0 Å². The lowest BCUT2D eigenvalue weighted by Crippen LogP contribution is -2.31. The average Bonchev–Trinajstić information content (AvgIpc) is 2.44. The van der Waals surface area contributed by atoms with Gasteiger partial charge in [-0.2, -0.15) is 0 Å². The Morgan fingerprint density at radius 3 is 2.95 bits per heavy atom. The van der Waals surface area contributed by atoms with Crippen LogP contribution < -0.4 is 0 Å². The number of carbonyl (C=O) groups excluding carboxylic acids is 1. The van der Waals surface area contributed by atoms with Gasteiger partial charge in [0.1, 0.15) is 6.61 Å². The molecule has 1 aromatic rings. The van der Waals surface area contributed by atoms with Crippen LogP contribution >= 0.6 is 0 Å². The Bertz CT molecular complexity index is 488. The summed E-state index contributed by atoms with van der Waals surface area (Å²) in [7, 11) is 1.79. The Labute approximate surface area is 114 Å². The molecular formula is C15H20N2O2. The van der Waals surface area contributed by atoms with Crippen molar-refractivity contribution in [2.24, 2.45) is 5.92 Å². The van der Waals surface area contributed by atoms with Crippen molar-refractivity contribution in [1.29, 1.82) is 0 Å². The summed E-state index contributed by atoms with van der Waals surface area (Å²) >= 11 is 0. The molecule has 1 N–H and O–H groups in total. The zero-order valence-corrected chi connectivity index (χ0v) is 11.7. The van der Waals surface area contributed by atoms with Crippen LogP contribution in [0, 0.1) is 17.8 Å². The molecule has 1 unspecified atom stereocenters. The molecule has 0 radical (unpaired) electrons. The fourth-order valence-corrected chi connectivity index (χ4v) is 1.70. The van der Waals surface area contributed by atoms with Gasteiger partial charge in [-0.15, -0.1) is 0 Å². The normalized spacial score (nSPS) is 11.4. The average molecular weight is 260 g/mol. The summed E-state index contributed by atoms with van der Waals surface area (Å²) in [6.07, 6.45) is 4.16. The SMILES string of the molecule is CCC(C)CN(C)C(=O)c1ccncc1C#CCO. The van der Waals surface area contributed by atoms with Crippen LogP contribution in [0.5, 0.6) is 0 Å². The van der Waals surface area contributed by atoms with E-state index in [1.165, 1.54) is 0 Å². The van der Waals surface area contributed by atoms with Gasteiger partial charge in [0, 0.05) is 26.0 Å². The van der Waals surface area contributed by atoms with Crippen LogP contribution in [-0.2, 0) is 0 Å². The summed E-state index contributed by atoms with van der Waals surface area (Å²) in [5.74, 6) is 5.70. The third-order valence-corrected chi connectivity index (χ3v) is 2.98. The predicted octanol–water partition coefficient (Wildman–Crippen LogP) is 1.54. The topological polar surface area (TPSA) is 53.4 Å². The highest BCUT2D eigenvalue weighted by Crippen LogP contribution is 2.11. The number of aliphatic hydroxyl groups excluding tert-OH is 1. The zero-order chi connectivity index (χ0) is 14.3. The highest BCUT2D eigenvalue weighted by Gasteiger charge is 2.16. The highest BCUT2D eigenvalue weighted by atomic mass is 16.2. The maximum absolute atomic E-state index is 12.3. The van der Waals surface area contributed by atoms with Gasteiger partial charge in [0.15, 0.2) is 0 Å². The quantitative estimate of drug-likeness (QED) is 0.836. The third-order valence-electron chi connectivity index (χ3n) is 2.98. The van der Waals surface area contributed by atoms with E-state index in [1.54, 1.807) is 30.4 Å². The number of carbonyl (C=O) groups is 1. The van der Waals surface area contributed by atoms with Crippen molar-refractivity contribution in [2.75, 3.05) is 20.2 Å². The predicted molar refractivity (Wildman–Crippen MR) is 74.6 cm³/mol. The molecule has 0 bridgehead atoms. The number of aromatic nitrogens is 1. The first-order valence-corrected chi connectivity index (χ1v) is 6.39. The van der Waals surface area contributed by atoms with Crippen molar-refractivity contribution in [1.82, 2.24) is 9.88 Å². The van der Waals surface area contributed by atoms with E-state index >= 15 is 0 Å². The van der Waals surface area contributed by atoms with Crippen LogP contribution in [0.25, 0.3) is 0 Å². The molecule has 4 heteroatoms. The van der Waals surface area contributed by atoms with Crippen LogP contribution in [-0.4, -0.2) is 41.1 Å². The fourth-order valence-electron chi connectivity index (χ4n) is 1.70. The Hall–Kier alpha value is -1.86. The molecule has 0 saturated carbocycles. The minimum absolute atomic E-state index is 0.0649. The maximum Gasteiger partial charge on any atom is 0.254 e. The molecule has 0 aliphatic rings. The highest BCUT2D eigenvalue weighted by molar-refractivity contribution is 5.96. The van der Waals surface area contributed by atoms with Crippen molar-refractivity contribution in [2.45, 2.75) is 20.3 Å². The smallest absolute Gasteiger partial charge is 0.254 e. The summed E-state index contributed by atoms with van der Waals surface area (Å²) in [6, 6.07) is 1.66. The van der Waals surface area contributed by atoms with Gasteiger partial charge in [0.25, 0.3) is 5.91 Å².